The maximum atomic E-state index is 12.3. The van der Waals surface area contributed by atoms with Crippen LogP contribution < -0.4 is 16.4 Å². The molecule has 120 valence electrons. The average molecular weight is 312 g/mol. The predicted octanol–water partition coefficient (Wildman–Crippen LogP) is 2.40. The summed E-state index contributed by atoms with van der Waals surface area (Å²) in [5.74, 6) is -0.637. The van der Waals surface area contributed by atoms with Gasteiger partial charge in [-0.05, 0) is 25.0 Å². The van der Waals surface area contributed by atoms with Crippen LogP contribution in [0.2, 0.25) is 0 Å². The Morgan fingerprint density at radius 2 is 1.91 bits per heavy atom. The molecular weight excluding hydrogens is 292 g/mol. The SMILES string of the molecule is NC(=O)[C@H]1CCCC[C@@H]1NC(=O)Nc1cccc2cccnc12. The molecule has 0 radical (unpaired) electrons. The zero-order chi connectivity index (χ0) is 16.2. The van der Waals surface area contributed by atoms with E-state index in [1.807, 2.05) is 24.3 Å². The first-order valence-corrected chi connectivity index (χ1v) is 7.86. The Bertz CT molecular complexity index is 726. The molecule has 0 bridgehead atoms. The van der Waals surface area contributed by atoms with E-state index in [-0.39, 0.29) is 23.9 Å². The Hall–Kier alpha value is -2.63. The van der Waals surface area contributed by atoms with Gasteiger partial charge in [-0.25, -0.2) is 4.79 Å². The average Bonchev–Trinajstić information content (AvgIpc) is 2.55. The predicted molar refractivity (Wildman–Crippen MR) is 88.8 cm³/mol. The minimum atomic E-state index is -0.346. The van der Waals surface area contributed by atoms with Crippen LogP contribution in [0.5, 0.6) is 0 Å². The summed E-state index contributed by atoms with van der Waals surface area (Å²) < 4.78 is 0. The number of pyridine rings is 1. The maximum Gasteiger partial charge on any atom is 0.319 e. The number of hydrogen-bond donors (Lipinski definition) is 3. The van der Waals surface area contributed by atoms with E-state index < -0.39 is 0 Å². The molecule has 4 N–H and O–H groups in total. The third kappa shape index (κ3) is 3.41. The van der Waals surface area contributed by atoms with E-state index in [0.717, 1.165) is 36.6 Å². The molecule has 2 atom stereocenters. The number of nitrogens with zero attached hydrogens (tertiary/aromatic N) is 1. The minimum Gasteiger partial charge on any atom is -0.369 e. The molecular formula is C17H20N4O2. The van der Waals surface area contributed by atoms with Gasteiger partial charge in [-0.15, -0.1) is 0 Å². The third-order valence-corrected chi connectivity index (χ3v) is 4.33. The number of nitrogens with one attached hydrogen (secondary N) is 2. The Morgan fingerprint density at radius 3 is 2.74 bits per heavy atom. The van der Waals surface area contributed by atoms with Crippen molar-refractivity contribution in [2.75, 3.05) is 5.32 Å². The number of urea groups is 1. The van der Waals surface area contributed by atoms with Crippen molar-refractivity contribution in [3.8, 4) is 0 Å². The highest BCUT2D eigenvalue weighted by molar-refractivity contribution is 5.99. The zero-order valence-corrected chi connectivity index (χ0v) is 12.8. The number of benzene rings is 1. The van der Waals surface area contributed by atoms with Crippen molar-refractivity contribution in [2.45, 2.75) is 31.7 Å². The summed E-state index contributed by atoms with van der Waals surface area (Å²) in [7, 11) is 0. The summed E-state index contributed by atoms with van der Waals surface area (Å²) in [6.07, 6.45) is 5.16. The van der Waals surface area contributed by atoms with Crippen LogP contribution in [0.15, 0.2) is 36.5 Å². The third-order valence-electron chi connectivity index (χ3n) is 4.33. The lowest BCUT2D eigenvalue weighted by Gasteiger charge is -2.29. The molecule has 1 aliphatic rings. The molecule has 1 heterocycles. The van der Waals surface area contributed by atoms with Crippen LogP contribution in [0.25, 0.3) is 10.9 Å². The Balaban J connectivity index is 1.72. The summed E-state index contributed by atoms with van der Waals surface area (Å²) in [5, 5.41) is 6.67. The number of hydrogen-bond acceptors (Lipinski definition) is 3. The molecule has 0 aliphatic heterocycles. The Kier molecular flexibility index (Phi) is 4.41. The second-order valence-corrected chi connectivity index (χ2v) is 5.88. The normalized spacial score (nSPS) is 20.9. The second-order valence-electron chi connectivity index (χ2n) is 5.88. The van der Waals surface area contributed by atoms with Gasteiger partial charge in [0, 0.05) is 17.6 Å². The fraction of sp³-hybridized carbons (Fsp3) is 0.353. The Morgan fingerprint density at radius 1 is 1.13 bits per heavy atom. The molecule has 3 amide bonds. The van der Waals surface area contributed by atoms with Gasteiger partial charge in [0.25, 0.3) is 0 Å². The number of anilines is 1. The van der Waals surface area contributed by atoms with Gasteiger partial charge in [0.2, 0.25) is 5.91 Å². The summed E-state index contributed by atoms with van der Waals surface area (Å²) in [5.41, 5.74) is 6.82. The number of aromatic nitrogens is 1. The molecule has 6 nitrogen and oxygen atoms in total. The van der Waals surface area contributed by atoms with Gasteiger partial charge in [-0.3, -0.25) is 9.78 Å². The molecule has 23 heavy (non-hydrogen) atoms. The van der Waals surface area contributed by atoms with Gasteiger partial charge in [0.1, 0.15) is 0 Å². The summed E-state index contributed by atoms with van der Waals surface area (Å²) in [4.78, 5) is 28.1. The number of amides is 3. The molecule has 1 aromatic carbocycles. The van der Waals surface area contributed by atoms with Crippen LogP contribution >= 0.6 is 0 Å². The largest absolute Gasteiger partial charge is 0.369 e. The van der Waals surface area contributed by atoms with E-state index in [1.165, 1.54) is 0 Å². The highest BCUT2D eigenvalue weighted by Gasteiger charge is 2.30. The molecule has 1 aromatic heterocycles. The first-order valence-electron chi connectivity index (χ1n) is 7.86. The molecule has 6 heteroatoms. The number of carbonyl (C=O) groups excluding carboxylic acids is 2. The standard InChI is InChI=1S/C17H20N4O2/c18-16(22)12-7-1-2-8-13(12)20-17(23)21-14-9-3-5-11-6-4-10-19-15(11)14/h3-6,9-10,12-13H,1-2,7-8H2,(H2,18,22)(H2,20,21,23)/t12-,13-/m0/s1. The summed E-state index contributed by atoms with van der Waals surface area (Å²) in [6.45, 7) is 0. The highest BCUT2D eigenvalue weighted by atomic mass is 16.2. The van der Waals surface area contributed by atoms with Gasteiger partial charge in [-0.2, -0.15) is 0 Å². The van der Waals surface area contributed by atoms with E-state index in [4.69, 9.17) is 5.73 Å². The van der Waals surface area contributed by atoms with Crippen molar-refractivity contribution in [2.24, 2.45) is 11.7 Å². The van der Waals surface area contributed by atoms with E-state index in [9.17, 15) is 9.59 Å². The smallest absolute Gasteiger partial charge is 0.319 e. The zero-order valence-electron chi connectivity index (χ0n) is 12.8. The monoisotopic (exact) mass is 312 g/mol. The van der Waals surface area contributed by atoms with E-state index in [1.54, 1.807) is 12.3 Å². The molecule has 1 saturated carbocycles. The molecule has 1 aliphatic carbocycles. The van der Waals surface area contributed by atoms with Crippen LogP contribution in [-0.4, -0.2) is 23.0 Å². The summed E-state index contributed by atoms with van der Waals surface area (Å²) >= 11 is 0. The number of rotatable bonds is 3. The van der Waals surface area contributed by atoms with Crippen molar-refractivity contribution in [1.82, 2.24) is 10.3 Å². The number of nitrogens with two attached hydrogens (primary N) is 1. The lowest BCUT2D eigenvalue weighted by Crippen LogP contribution is -2.48. The van der Waals surface area contributed by atoms with Gasteiger partial charge in [0.15, 0.2) is 0 Å². The lowest BCUT2D eigenvalue weighted by molar-refractivity contribution is -0.123. The van der Waals surface area contributed by atoms with Crippen molar-refractivity contribution in [3.63, 3.8) is 0 Å². The fourth-order valence-corrected chi connectivity index (χ4v) is 3.18. The van der Waals surface area contributed by atoms with E-state index >= 15 is 0 Å². The first kappa shape index (κ1) is 15.3. The molecule has 0 saturated heterocycles. The van der Waals surface area contributed by atoms with Gasteiger partial charge < -0.3 is 16.4 Å². The van der Waals surface area contributed by atoms with Crippen molar-refractivity contribution < 1.29 is 9.59 Å². The maximum absolute atomic E-state index is 12.3. The number of primary amides is 1. The first-order chi connectivity index (χ1) is 11.1. The molecule has 0 unspecified atom stereocenters. The number of carbonyl (C=O) groups is 2. The minimum absolute atomic E-state index is 0.204. The highest BCUT2D eigenvalue weighted by Crippen LogP contribution is 2.25. The fourth-order valence-electron chi connectivity index (χ4n) is 3.18. The quantitative estimate of drug-likeness (QED) is 0.811. The van der Waals surface area contributed by atoms with Crippen LogP contribution in [0.4, 0.5) is 10.5 Å². The number of fused-ring (bicyclic) bond motifs is 1. The topological polar surface area (TPSA) is 97.1 Å². The van der Waals surface area contributed by atoms with Crippen molar-refractivity contribution >= 4 is 28.5 Å². The van der Waals surface area contributed by atoms with Crippen LogP contribution in [0.3, 0.4) is 0 Å². The van der Waals surface area contributed by atoms with Crippen LogP contribution in [0.1, 0.15) is 25.7 Å². The van der Waals surface area contributed by atoms with Crippen LogP contribution in [0, 0.1) is 5.92 Å². The van der Waals surface area contributed by atoms with Crippen LogP contribution in [-0.2, 0) is 4.79 Å². The number of para-hydroxylation sites is 1. The van der Waals surface area contributed by atoms with E-state index in [0.29, 0.717) is 5.69 Å². The van der Waals surface area contributed by atoms with Crippen molar-refractivity contribution in [1.29, 1.82) is 0 Å². The van der Waals surface area contributed by atoms with Gasteiger partial charge in [-0.1, -0.05) is 31.0 Å². The van der Waals surface area contributed by atoms with E-state index in [2.05, 4.69) is 15.6 Å². The molecule has 3 rings (SSSR count). The molecule has 2 aromatic rings. The lowest BCUT2D eigenvalue weighted by atomic mass is 9.84. The summed E-state index contributed by atoms with van der Waals surface area (Å²) in [6, 6.07) is 8.87. The van der Waals surface area contributed by atoms with Gasteiger partial charge >= 0.3 is 6.03 Å². The Labute approximate surface area is 134 Å². The molecule has 1 fully saturated rings. The molecule has 0 spiro atoms. The van der Waals surface area contributed by atoms with Gasteiger partial charge in [0.05, 0.1) is 17.1 Å². The second kappa shape index (κ2) is 6.64. The van der Waals surface area contributed by atoms with Crippen molar-refractivity contribution in [3.05, 3.63) is 36.5 Å².